The number of rotatable bonds is 6. The third-order valence-electron chi connectivity index (χ3n) is 4.04. The fourth-order valence-electron chi connectivity index (χ4n) is 2.59. The van der Waals surface area contributed by atoms with Crippen molar-refractivity contribution in [2.45, 2.75) is 0 Å². The van der Waals surface area contributed by atoms with Crippen molar-refractivity contribution >= 4 is 17.7 Å². The Morgan fingerprint density at radius 2 is 1.89 bits per heavy atom. The Morgan fingerprint density at radius 3 is 2.57 bits per heavy atom. The van der Waals surface area contributed by atoms with Crippen molar-refractivity contribution in [1.82, 2.24) is 10.2 Å². The van der Waals surface area contributed by atoms with E-state index in [1.54, 1.807) is 44.7 Å². The molecule has 0 bridgehead atoms. The van der Waals surface area contributed by atoms with E-state index in [1.165, 1.54) is 6.08 Å². The van der Waals surface area contributed by atoms with Crippen LogP contribution in [0.2, 0.25) is 0 Å². The number of ether oxygens (including phenoxy) is 2. The van der Waals surface area contributed by atoms with E-state index >= 15 is 0 Å². The van der Waals surface area contributed by atoms with Crippen molar-refractivity contribution in [3.05, 3.63) is 65.9 Å². The Labute approximate surface area is 162 Å². The van der Waals surface area contributed by atoms with Crippen molar-refractivity contribution in [1.29, 1.82) is 5.26 Å². The maximum atomic E-state index is 12.5. The Bertz CT molecular complexity index is 1050. The predicted octanol–water partition coefficient (Wildman–Crippen LogP) is 3.64. The molecule has 3 rings (SSSR count). The summed E-state index contributed by atoms with van der Waals surface area (Å²) in [4.78, 5) is 12.5. The number of anilines is 1. The molecular weight excluding hydrogens is 356 g/mol. The molecule has 0 aliphatic rings. The summed E-state index contributed by atoms with van der Waals surface area (Å²) in [7, 11) is 3.15. The van der Waals surface area contributed by atoms with Crippen molar-refractivity contribution in [2.75, 3.05) is 19.5 Å². The number of methoxy groups -OCH3 is 2. The van der Waals surface area contributed by atoms with Crippen molar-refractivity contribution in [3.63, 3.8) is 0 Å². The third-order valence-corrected chi connectivity index (χ3v) is 4.04. The minimum absolute atomic E-state index is 0.0404. The fourth-order valence-corrected chi connectivity index (χ4v) is 2.59. The van der Waals surface area contributed by atoms with Gasteiger partial charge in [0.05, 0.1) is 26.1 Å². The van der Waals surface area contributed by atoms with E-state index in [1.807, 2.05) is 30.3 Å². The van der Waals surface area contributed by atoms with Gasteiger partial charge in [0.2, 0.25) is 0 Å². The predicted molar refractivity (Wildman–Crippen MR) is 106 cm³/mol. The number of nitrogens with zero attached hydrogens (tertiary/aromatic N) is 2. The molecule has 2 aromatic carbocycles. The highest BCUT2D eigenvalue weighted by Crippen LogP contribution is 2.26. The molecule has 2 N–H and O–H groups in total. The average Bonchev–Trinajstić information content (AvgIpc) is 3.20. The lowest BCUT2D eigenvalue weighted by Gasteiger charge is -2.06. The molecule has 0 saturated heterocycles. The molecular formula is C21H18N4O3. The molecule has 1 amide bonds. The van der Waals surface area contributed by atoms with E-state index in [-0.39, 0.29) is 5.57 Å². The minimum Gasteiger partial charge on any atom is -0.497 e. The summed E-state index contributed by atoms with van der Waals surface area (Å²) < 4.78 is 10.3. The first-order valence-electron chi connectivity index (χ1n) is 8.39. The van der Waals surface area contributed by atoms with Gasteiger partial charge in [0.25, 0.3) is 5.91 Å². The maximum Gasteiger partial charge on any atom is 0.266 e. The van der Waals surface area contributed by atoms with Crippen molar-refractivity contribution in [2.24, 2.45) is 0 Å². The summed E-state index contributed by atoms with van der Waals surface area (Å²) in [6.45, 7) is 0. The zero-order chi connectivity index (χ0) is 19.9. The van der Waals surface area contributed by atoms with Gasteiger partial charge in [-0.2, -0.15) is 10.4 Å². The van der Waals surface area contributed by atoms with Gasteiger partial charge >= 0.3 is 0 Å². The summed E-state index contributed by atoms with van der Waals surface area (Å²) in [6.07, 6.45) is 3.06. The Balaban J connectivity index is 1.85. The van der Waals surface area contributed by atoms with Crippen LogP contribution >= 0.6 is 0 Å². The Morgan fingerprint density at radius 1 is 1.14 bits per heavy atom. The normalized spacial score (nSPS) is 10.8. The lowest BCUT2D eigenvalue weighted by atomic mass is 10.1. The lowest BCUT2D eigenvalue weighted by Crippen LogP contribution is -2.13. The van der Waals surface area contributed by atoms with Crippen molar-refractivity contribution < 1.29 is 14.3 Å². The molecule has 1 heterocycles. The monoisotopic (exact) mass is 374 g/mol. The van der Waals surface area contributed by atoms with Gasteiger partial charge in [0, 0.05) is 16.8 Å². The van der Waals surface area contributed by atoms with Gasteiger partial charge < -0.3 is 14.8 Å². The van der Waals surface area contributed by atoms with Crippen LogP contribution in [0, 0.1) is 11.3 Å². The van der Waals surface area contributed by atoms with Gasteiger partial charge in [-0.25, -0.2) is 0 Å². The van der Waals surface area contributed by atoms with Crippen molar-refractivity contribution in [3.8, 4) is 28.8 Å². The molecule has 0 aliphatic heterocycles. The van der Waals surface area contributed by atoms with E-state index < -0.39 is 5.91 Å². The second-order valence-electron chi connectivity index (χ2n) is 5.78. The highest BCUT2D eigenvalue weighted by atomic mass is 16.5. The lowest BCUT2D eigenvalue weighted by molar-refractivity contribution is -0.112. The summed E-state index contributed by atoms with van der Waals surface area (Å²) in [5.74, 6) is 0.862. The number of nitriles is 1. The van der Waals surface area contributed by atoms with E-state index in [4.69, 9.17) is 9.47 Å². The zero-order valence-electron chi connectivity index (χ0n) is 15.4. The highest BCUT2D eigenvalue weighted by Gasteiger charge is 2.13. The molecule has 28 heavy (non-hydrogen) atoms. The first-order chi connectivity index (χ1) is 13.6. The molecule has 7 heteroatoms. The smallest absolute Gasteiger partial charge is 0.266 e. The van der Waals surface area contributed by atoms with E-state index in [0.717, 1.165) is 5.56 Å². The fraction of sp³-hybridized carbons (Fsp3) is 0.0952. The number of carbonyl (C=O) groups is 1. The molecule has 0 saturated carbocycles. The van der Waals surface area contributed by atoms with Crippen LogP contribution in [-0.4, -0.2) is 30.3 Å². The Kier molecular flexibility index (Phi) is 5.72. The first kappa shape index (κ1) is 18.7. The van der Waals surface area contributed by atoms with Crippen LogP contribution in [0.5, 0.6) is 11.5 Å². The number of benzene rings is 2. The number of aromatic nitrogens is 2. The van der Waals surface area contributed by atoms with Gasteiger partial charge in [-0.05, 0) is 42.5 Å². The first-order valence-corrected chi connectivity index (χ1v) is 8.39. The van der Waals surface area contributed by atoms with Crippen LogP contribution in [0.4, 0.5) is 5.69 Å². The topological polar surface area (TPSA) is 100 Å². The van der Waals surface area contributed by atoms with E-state index in [2.05, 4.69) is 15.5 Å². The summed E-state index contributed by atoms with van der Waals surface area (Å²) in [5.41, 5.74) is 2.66. The SMILES string of the molecule is COc1ccc(NC(=O)/C(C#N)=C/c2cn[nH]c2-c2cccc(OC)c2)cc1. The van der Waals surface area contributed by atoms with Crippen LogP contribution in [0.3, 0.4) is 0 Å². The number of amides is 1. The molecule has 7 nitrogen and oxygen atoms in total. The number of hydrogen-bond donors (Lipinski definition) is 2. The standard InChI is InChI=1S/C21H18N4O3/c1-27-18-8-6-17(7-9-18)24-21(26)15(12-22)10-16-13-23-25-20(16)14-4-3-5-19(11-14)28-2/h3-11,13H,1-2H3,(H,23,25)(H,24,26)/b15-10+. The minimum atomic E-state index is -0.509. The number of H-pyrrole nitrogens is 1. The van der Waals surface area contributed by atoms with E-state index in [9.17, 15) is 10.1 Å². The molecule has 140 valence electrons. The van der Waals surface area contributed by atoms with Gasteiger partial charge in [-0.3, -0.25) is 9.89 Å². The van der Waals surface area contributed by atoms with Gasteiger partial charge in [0.1, 0.15) is 23.1 Å². The second-order valence-corrected chi connectivity index (χ2v) is 5.78. The molecule has 0 atom stereocenters. The van der Waals surface area contributed by atoms with Gasteiger partial charge in [-0.1, -0.05) is 12.1 Å². The summed E-state index contributed by atoms with van der Waals surface area (Å²) in [6, 6.07) is 16.2. The van der Waals surface area contributed by atoms with Gasteiger partial charge in [0.15, 0.2) is 0 Å². The maximum absolute atomic E-state index is 12.5. The molecule has 0 unspecified atom stereocenters. The van der Waals surface area contributed by atoms with E-state index in [0.29, 0.717) is 28.4 Å². The number of hydrogen-bond acceptors (Lipinski definition) is 5. The summed E-state index contributed by atoms with van der Waals surface area (Å²) in [5, 5.41) is 19.1. The average molecular weight is 374 g/mol. The number of carbonyl (C=O) groups excluding carboxylic acids is 1. The quantitative estimate of drug-likeness (QED) is 0.507. The molecule has 0 spiro atoms. The molecule has 0 aliphatic carbocycles. The second kappa shape index (κ2) is 8.56. The molecule has 3 aromatic rings. The summed E-state index contributed by atoms with van der Waals surface area (Å²) >= 11 is 0. The molecule has 0 fully saturated rings. The molecule has 1 aromatic heterocycles. The Hall–Kier alpha value is -4.05. The third kappa shape index (κ3) is 4.19. The van der Waals surface area contributed by atoms with Gasteiger partial charge in [-0.15, -0.1) is 0 Å². The largest absolute Gasteiger partial charge is 0.497 e. The van der Waals surface area contributed by atoms with Crippen LogP contribution < -0.4 is 14.8 Å². The van der Waals surface area contributed by atoms with Crippen LogP contribution in [0.1, 0.15) is 5.56 Å². The van der Waals surface area contributed by atoms with Crippen LogP contribution in [0.15, 0.2) is 60.3 Å². The number of nitrogens with one attached hydrogen (secondary N) is 2. The number of aromatic amines is 1. The van der Waals surface area contributed by atoms with Crippen LogP contribution in [0.25, 0.3) is 17.3 Å². The van der Waals surface area contributed by atoms with Crippen LogP contribution in [-0.2, 0) is 4.79 Å². The highest BCUT2D eigenvalue weighted by molar-refractivity contribution is 6.10. The zero-order valence-corrected chi connectivity index (χ0v) is 15.4. The molecule has 0 radical (unpaired) electrons.